The maximum absolute atomic E-state index is 13.0. The molecule has 0 radical (unpaired) electrons. The fraction of sp³-hybridized carbons (Fsp3) is 0.263. The van der Waals surface area contributed by atoms with Crippen molar-refractivity contribution < 1.29 is 27.8 Å². The summed E-state index contributed by atoms with van der Waals surface area (Å²) in [5, 5.41) is 14.8. The molecule has 2 aromatic rings. The third kappa shape index (κ3) is 6.33. The molecule has 0 aliphatic rings. The normalized spacial score (nSPS) is 12.3. The summed E-state index contributed by atoms with van der Waals surface area (Å²) < 4.78 is 44.1. The number of ether oxygens (including phenoxy) is 1. The average Bonchev–Trinajstić information content (AvgIpc) is 2.63. The number of nitrogens with two attached hydrogens (primary N) is 1. The quantitative estimate of drug-likeness (QED) is 0.393. The molecular formula is C19H20F3N3O3S. The lowest BCUT2D eigenvalue weighted by atomic mass is 10.0. The minimum absolute atomic E-state index is 0.0175. The average molecular weight is 427 g/mol. The minimum Gasteiger partial charge on any atom is -0.481 e. The van der Waals surface area contributed by atoms with E-state index in [9.17, 15) is 23.1 Å². The Morgan fingerprint density at radius 3 is 2.59 bits per heavy atom. The van der Waals surface area contributed by atoms with Crippen LogP contribution in [0.3, 0.4) is 0 Å². The minimum atomic E-state index is -4.55. The highest BCUT2D eigenvalue weighted by molar-refractivity contribution is 7.80. The van der Waals surface area contributed by atoms with Gasteiger partial charge in [0.05, 0.1) is 36.0 Å². The van der Waals surface area contributed by atoms with Crippen LogP contribution in [0.25, 0.3) is 0 Å². The molecule has 0 aromatic heterocycles. The molecule has 0 bridgehead atoms. The summed E-state index contributed by atoms with van der Waals surface area (Å²) in [4.78, 5) is 11.2. The van der Waals surface area contributed by atoms with Gasteiger partial charge in [-0.3, -0.25) is 4.79 Å². The number of carboxylic acid groups (broad SMARTS) is 1. The summed E-state index contributed by atoms with van der Waals surface area (Å²) in [5.41, 5.74) is 6.81. The number of methoxy groups -OCH3 is 1. The van der Waals surface area contributed by atoms with E-state index in [0.29, 0.717) is 16.9 Å². The first kappa shape index (κ1) is 22.4. The van der Waals surface area contributed by atoms with Gasteiger partial charge < -0.3 is 26.2 Å². The van der Waals surface area contributed by atoms with E-state index in [1.54, 1.807) is 18.2 Å². The summed E-state index contributed by atoms with van der Waals surface area (Å²) in [6.45, 7) is 0.252. The molecule has 0 spiro atoms. The Labute approximate surface area is 170 Å². The Hall–Kier alpha value is -2.85. The van der Waals surface area contributed by atoms with Crippen molar-refractivity contribution in [2.75, 3.05) is 18.2 Å². The zero-order chi connectivity index (χ0) is 21.6. The lowest BCUT2D eigenvalue weighted by Crippen LogP contribution is -2.34. The van der Waals surface area contributed by atoms with Crippen LogP contribution in [-0.2, 0) is 22.3 Å². The summed E-state index contributed by atoms with van der Waals surface area (Å²) in [6.07, 6.45) is -5.02. The fourth-order valence-corrected chi connectivity index (χ4v) is 2.96. The van der Waals surface area contributed by atoms with Crippen LogP contribution in [0.15, 0.2) is 42.5 Å². The number of aliphatic carboxylic acids is 1. The number of nitrogens with one attached hydrogen (secondary N) is 2. The van der Waals surface area contributed by atoms with Gasteiger partial charge in [-0.05, 0) is 36.0 Å². The largest absolute Gasteiger partial charge is 0.481 e. The van der Waals surface area contributed by atoms with E-state index < -0.39 is 30.2 Å². The van der Waals surface area contributed by atoms with Gasteiger partial charge >= 0.3 is 12.1 Å². The Kier molecular flexibility index (Phi) is 7.40. The lowest BCUT2D eigenvalue weighted by Gasteiger charge is -2.22. The Balaban J connectivity index is 2.26. The highest BCUT2D eigenvalue weighted by atomic mass is 32.1. The molecule has 2 rings (SSSR count). The number of carboxylic acids is 1. The monoisotopic (exact) mass is 427 g/mol. The molecule has 0 heterocycles. The second kappa shape index (κ2) is 9.57. The fourth-order valence-electron chi connectivity index (χ4n) is 2.71. The smallest absolute Gasteiger partial charge is 0.416 e. The molecule has 1 atom stereocenters. The first-order chi connectivity index (χ1) is 13.6. The van der Waals surface area contributed by atoms with Crippen LogP contribution >= 0.6 is 12.2 Å². The molecule has 0 fully saturated rings. The van der Waals surface area contributed by atoms with Crippen LogP contribution in [0.5, 0.6) is 0 Å². The maximum Gasteiger partial charge on any atom is 0.416 e. The molecule has 0 amide bonds. The molecular weight excluding hydrogens is 407 g/mol. The van der Waals surface area contributed by atoms with Crippen molar-refractivity contribution in [3.05, 3.63) is 59.2 Å². The number of halogens is 3. The number of anilines is 2. The van der Waals surface area contributed by atoms with Gasteiger partial charge in [0.2, 0.25) is 0 Å². The summed E-state index contributed by atoms with van der Waals surface area (Å²) in [5.74, 6) is -1.19. The van der Waals surface area contributed by atoms with Gasteiger partial charge in [-0.2, -0.15) is 13.2 Å². The van der Waals surface area contributed by atoms with Crippen LogP contribution in [0.2, 0.25) is 0 Å². The highest BCUT2D eigenvalue weighted by Gasteiger charge is 2.31. The van der Waals surface area contributed by atoms with E-state index in [0.717, 1.165) is 12.1 Å². The van der Waals surface area contributed by atoms with E-state index in [1.807, 2.05) is 0 Å². The second-order valence-electron chi connectivity index (χ2n) is 6.19. The molecule has 5 N–H and O–H groups in total. The molecule has 156 valence electrons. The zero-order valence-corrected chi connectivity index (χ0v) is 16.2. The number of para-hydroxylation sites is 1. The van der Waals surface area contributed by atoms with Gasteiger partial charge in [0, 0.05) is 12.7 Å². The predicted octanol–water partition coefficient (Wildman–Crippen LogP) is 3.94. The molecule has 2 aromatic carbocycles. The molecule has 10 heteroatoms. The summed E-state index contributed by atoms with van der Waals surface area (Å²) in [6, 6.07) is 8.61. The first-order valence-corrected chi connectivity index (χ1v) is 8.85. The van der Waals surface area contributed by atoms with E-state index in [-0.39, 0.29) is 17.3 Å². The van der Waals surface area contributed by atoms with Crippen LogP contribution < -0.4 is 16.4 Å². The van der Waals surface area contributed by atoms with Crippen molar-refractivity contribution in [1.82, 2.24) is 5.32 Å². The number of carbonyl (C=O) groups is 1. The molecule has 1 unspecified atom stereocenters. The van der Waals surface area contributed by atoms with Crippen LogP contribution in [-0.4, -0.2) is 23.3 Å². The Bertz CT molecular complexity index is 890. The number of hydrogen-bond donors (Lipinski definition) is 4. The van der Waals surface area contributed by atoms with Crippen molar-refractivity contribution in [2.45, 2.75) is 25.2 Å². The van der Waals surface area contributed by atoms with E-state index in [1.165, 1.54) is 19.2 Å². The van der Waals surface area contributed by atoms with Crippen LogP contribution in [0.4, 0.5) is 24.5 Å². The Morgan fingerprint density at radius 2 is 1.97 bits per heavy atom. The standard InChI is InChI=1S/C19H20F3N3O3S/c1-28-10-12-5-3-7-14(23)17(12)25-18(29)24-15(9-16(26)27)11-4-2-6-13(8-11)19(20,21)22/h2-8,15H,9-10,23H2,1H3,(H,26,27)(H2,24,25,29). The van der Waals surface area contributed by atoms with E-state index >= 15 is 0 Å². The van der Waals surface area contributed by atoms with E-state index in [4.69, 9.17) is 22.7 Å². The van der Waals surface area contributed by atoms with Crippen molar-refractivity contribution in [2.24, 2.45) is 0 Å². The zero-order valence-electron chi connectivity index (χ0n) is 15.4. The second-order valence-corrected chi connectivity index (χ2v) is 6.59. The number of thiocarbonyl (C=S) groups is 1. The number of rotatable bonds is 7. The van der Waals surface area contributed by atoms with E-state index in [2.05, 4.69) is 10.6 Å². The number of alkyl halides is 3. The van der Waals surface area contributed by atoms with Crippen molar-refractivity contribution in [1.29, 1.82) is 0 Å². The number of hydrogen-bond acceptors (Lipinski definition) is 4. The SMILES string of the molecule is COCc1cccc(N)c1NC(=S)NC(CC(=O)O)c1cccc(C(F)(F)F)c1. The number of nitrogen functional groups attached to an aromatic ring is 1. The molecule has 0 aliphatic heterocycles. The maximum atomic E-state index is 13.0. The van der Waals surface area contributed by atoms with Gasteiger partial charge in [-0.15, -0.1) is 0 Å². The predicted molar refractivity (Wildman–Crippen MR) is 107 cm³/mol. The lowest BCUT2D eigenvalue weighted by molar-refractivity contribution is -0.138. The topological polar surface area (TPSA) is 96.6 Å². The highest BCUT2D eigenvalue weighted by Crippen LogP contribution is 2.31. The van der Waals surface area contributed by atoms with Gasteiger partial charge in [-0.25, -0.2) is 0 Å². The summed E-state index contributed by atoms with van der Waals surface area (Å²) >= 11 is 5.24. The van der Waals surface area contributed by atoms with Gasteiger partial charge in [0.1, 0.15) is 0 Å². The third-order valence-electron chi connectivity index (χ3n) is 4.02. The Morgan fingerprint density at radius 1 is 1.28 bits per heavy atom. The molecule has 0 aliphatic carbocycles. The van der Waals surface area contributed by atoms with Crippen LogP contribution in [0.1, 0.15) is 29.2 Å². The van der Waals surface area contributed by atoms with Gasteiger partial charge in [-0.1, -0.05) is 24.3 Å². The van der Waals surface area contributed by atoms with Crippen molar-refractivity contribution >= 4 is 34.7 Å². The summed E-state index contributed by atoms with van der Waals surface area (Å²) in [7, 11) is 1.51. The third-order valence-corrected chi connectivity index (χ3v) is 4.24. The molecule has 6 nitrogen and oxygen atoms in total. The molecule has 0 saturated heterocycles. The number of benzene rings is 2. The van der Waals surface area contributed by atoms with Crippen molar-refractivity contribution in [3.63, 3.8) is 0 Å². The van der Waals surface area contributed by atoms with Gasteiger partial charge in [0.25, 0.3) is 0 Å². The van der Waals surface area contributed by atoms with Crippen LogP contribution in [0, 0.1) is 0 Å². The van der Waals surface area contributed by atoms with Crippen molar-refractivity contribution in [3.8, 4) is 0 Å². The van der Waals surface area contributed by atoms with Gasteiger partial charge in [0.15, 0.2) is 5.11 Å². The first-order valence-electron chi connectivity index (χ1n) is 8.44. The molecule has 0 saturated carbocycles. The molecule has 29 heavy (non-hydrogen) atoms.